The van der Waals surface area contributed by atoms with E-state index < -0.39 is 0 Å². The number of hydrogen-bond acceptors (Lipinski definition) is 5. The van der Waals surface area contributed by atoms with Crippen molar-refractivity contribution in [2.45, 2.75) is 32.6 Å². The number of aromatic nitrogens is 3. The Morgan fingerprint density at radius 2 is 2.00 bits per heavy atom. The van der Waals surface area contributed by atoms with Gasteiger partial charge in [-0.2, -0.15) is 0 Å². The van der Waals surface area contributed by atoms with Crippen molar-refractivity contribution in [3.05, 3.63) is 52.0 Å². The Morgan fingerprint density at radius 1 is 1.24 bits per heavy atom. The van der Waals surface area contributed by atoms with Crippen LogP contribution in [0.1, 0.15) is 53.9 Å². The molecular weight excluding hydrogens is 356 g/mol. The zero-order valence-corrected chi connectivity index (χ0v) is 15.9. The summed E-state index contributed by atoms with van der Waals surface area (Å²) in [5, 5.41) is 4.16. The fourth-order valence-corrected chi connectivity index (χ4v) is 3.53. The second-order valence-electron chi connectivity index (χ2n) is 6.21. The van der Waals surface area contributed by atoms with Crippen LogP contribution >= 0.6 is 22.9 Å². The molecule has 2 heterocycles. The van der Waals surface area contributed by atoms with Crippen molar-refractivity contribution in [1.82, 2.24) is 20.3 Å². The number of rotatable bonds is 5. The van der Waals surface area contributed by atoms with E-state index in [-0.39, 0.29) is 28.5 Å². The van der Waals surface area contributed by atoms with Gasteiger partial charge in [0.25, 0.3) is 5.91 Å². The van der Waals surface area contributed by atoms with Gasteiger partial charge in [-0.1, -0.05) is 44.5 Å². The van der Waals surface area contributed by atoms with Gasteiger partial charge in [-0.25, -0.2) is 15.0 Å². The molecule has 1 N–H and O–H groups in total. The summed E-state index contributed by atoms with van der Waals surface area (Å²) in [6.45, 7) is 6.45. The third kappa shape index (κ3) is 3.96. The van der Waals surface area contributed by atoms with E-state index in [0.717, 1.165) is 15.2 Å². The van der Waals surface area contributed by atoms with Crippen LogP contribution < -0.4 is 5.32 Å². The number of nitrogens with one attached hydrogen (secondary N) is 1. The first kappa shape index (κ1) is 17.8. The summed E-state index contributed by atoms with van der Waals surface area (Å²) in [7, 11) is 0. The van der Waals surface area contributed by atoms with Crippen molar-refractivity contribution in [1.29, 1.82) is 0 Å². The number of halogens is 1. The van der Waals surface area contributed by atoms with Crippen LogP contribution in [0, 0.1) is 0 Å². The number of hydrogen-bond donors (Lipinski definition) is 1. The highest BCUT2D eigenvalue weighted by molar-refractivity contribution is 7.18. The minimum absolute atomic E-state index is 0.103. The third-order valence-corrected chi connectivity index (χ3v) is 5.34. The topological polar surface area (TPSA) is 67.8 Å². The van der Waals surface area contributed by atoms with Crippen LogP contribution in [0.2, 0.25) is 5.02 Å². The molecule has 0 aliphatic carbocycles. The molecular formula is C18H19ClN4OS. The van der Waals surface area contributed by atoms with Crippen LogP contribution in [0.15, 0.2) is 30.5 Å². The zero-order valence-electron chi connectivity index (χ0n) is 14.3. The van der Waals surface area contributed by atoms with Gasteiger partial charge < -0.3 is 5.32 Å². The van der Waals surface area contributed by atoms with E-state index >= 15 is 0 Å². The molecule has 0 radical (unpaired) electrons. The van der Waals surface area contributed by atoms with E-state index in [1.54, 1.807) is 11.3 Å². The largest absolute Gasteiger partial charge is 0.350 e. The Labute approximate surface area is 155 Å². The Morgan fingerprint density at radius 3 is 2.72 bits per heavy atom. The summed E-state index contributed by atoms with van der Waals surface area (Å²) >= 11 is 7.73. The van der Waals surface area contributed by atoms with E-state index in [0.29, 0.717) is 12.4 Å². The highest BCUT2D eigenvalue weighted by Crippen LogP contribution is 2.27. The van der Waals surface area contributed by atoms with E-state index in [2.05, 4.69) is 26.3 Å². The summed E-state index contributed by atoms with van der Waals surface area (Å²) in [5.41, 5.74) is 1.21. The standard InChI is InChI=1S/C18H19ClN4OS/c1-10(2)16-20-9-12(19)15(23-16)17(24)21-8-11(3)18-22-13-6-4-5-7-14(13)25-18/h4-7,9-11H,8H2,1-3H3,(H,21,24). The lowest BCUT2D eigenvalue weighted by atomic mass is 10.2. The molecule has 7 heteroatoms. The highest BCUT2D eigenvalue weighted by Gasteiger charge is 2.18. The van der Waals surface area contributed by atoms with Crippen LogP contribution in [0.4, 0.5) is 0 Å². The number of carbonyl (C=O) groups is 1. The van der Waals surface area contributed by atoms with Crippen molar-refractivity contribution < 1.29 is 4.79 Å². The molecule has 1 amide bonds. The molecule has 0 fully saturated rings. The van der Waals surface area contributed by atoms with Gasteiger partial charge in [0.2, 0.25) is 0 Å². The Bertz CT molecular complexity index is 876. The second-order valence-corrected chi connectivity index (χ2v) is 7.68. The van der Waals surface area contributed by atoms with Crippen LogP contribution in [0.5, 0.6) is 0 Å². The van der Waals surface area contributed by atoms with Gasteiger partial charge in [0.1, 0.15) is 11.5 Å². The third-order valence-electron chi connectivity index (χ3n) is 3.80. The van der Waals surface area contributed by atoms with Crippen molar-refractivity contribution in [2.24, 2.45) is 0 Å². The number of amides is 1. The zero-order chi connectivity index (χ0) is 18.0. The van der Waals surface area contributed by atoms with Gasteiger partial charge in [-0.15, -0.1) is 11.3 Å². The lowest BCUT2D eigenvalue weighted by Crippen LogP contribution is -2.29. The number of nitrogens with zero attached hydrogens (tertiary/aromatic N) is 3. The smallest absolute Gasteiger partial charge is 0.271 e. The van der Waals surface area contributed by atoms with Crippen LogP contribution in [0.25, 0.3) is 10.2 Å². The summed E-state index contributed by atoms with van der Waals surface area (Å²) in [6.07, 6.45) is 1.48. The number of carbonyl (C=O) groups excluding carboxylic acids is 1. The normalized spacial score (nSPS) is 12.5. The molecule has 5 nitrogen and oxygen atoms in total. The molecule has 0 aliphatic heterocycles. The predicted octanol–water partition coefficient (Wildman–Crippen LogP) is 4.40. The SMILES string of the molecule is CC(C)c1ncc(Cl)c(C(=O)NCC(C)c2nc3ccccc3s2)n1. The van der Waals surface area contributed by atoms with Crippen LogP contribution in [-0.4, -0.2) is 27.4 Å². The van der Waals surface area contributed by atoms with Gasteiger partial charge in [-0.3, -0.25) is 4.79 Å². The Hall–Kier alpha value is -2.05. The summed E-state index contributed by atoms with van der Waals surface area (Å²) in [4.78, 5) is 25.5. The number of benzene rings is 1. The first-order valence-corrected chi connectivity index (χ1v) is 9.31. The molecule has 0 saturated carbocycles. The van der Waals surface area contributed by atoms with Gasteiger partial charge in [0.15, 0.2) is 0 Å². The molecule has 1 unspecified atom stereocenters. The summed E-state index contributed by atoms with van der Waals surface area (Å²) in [6, 6.07) is 8.02. The molecule has 1 aromatic carbocycles. The Kier molecular flexibility index (Phi) is 5.30. The van der Waals surface area contributed by atoms with Gasteiger partial charge in [-0.05, 0) is 12.1 Å². The number of fused-ring (bicyclic) bond motifs is 1. The fraction of sp³-hybridized carbons (Fsp3) is 0.333. The lowest BCUT2D eigenvalue weighted by molar-refractivity contribution is 0.0946. The molecule has 1 atom stereocenters. The Balaban J connectivity index is 1.70. The minimum Gasteiger partial charge on any atom is -0.350 e. The molecule has 3 aromatic rings. The predicted molar refractivity (Wildman–Crippen MR) is 101 cm³/mol. The molecule has 25 heavy (non-hydrogen) atoms. The highest BCUT2D eigenvalue weighted by atomic mass is 35.5. The van der Waals surface area contributed by atoms with Crippen LogP contribution in [0.3, 0.4) is 0 Å². The minimum atomic E-state index is -0.290. The van der Waals surface area contributed by atoms with Gasteiger partial charge >= 0.3 is 0 Å². The number of thiazole rings is 1. The van der Waals surface area contributed by atoms with E-state index in [9.17, 15) is 4.79 Å². The van der Waals surface area contributed by atoms with Gasteiger partial charge in [0, 0.05) is 18.4 Å². The number of para-hydroxylation sites is 1. The van der Waals surface area contributed by atoms with Crippen molar-refractivity contribution in [3.63, 3.8) is 0 Å². The second kappa shape index (κ2) is 7.45. The first-order valence-electron chi connectivity index (χ1n) is 8.11. The van der Waals surface area contributed by atoms with E-state index in [4.69, 9.17) is 11.6 Å². The average molecular weight is 375 g/mol. The molecule has 130 valence electrons. The van der Waals surface area contributed by atoms with Crippen molar-refractivity contribution >= 4 is 39.1 Å². The monoisotopic (exact) mass is 374 g/mol. The lowest BCUT2D eigenvalue weighted by Gasteiger charge is -2.11. The first-order chi connectivity index (χ1) is 12.0. The molecule has 0 aliphatic rings. The molecule has 3 rings (SSSR count). The van der Waals surface area contributed by atoms with E-state index in [1.807, 2.05) is 39.0 Å². The molecule has 2 aromatic heterocycles. The maximum atomic E-state index is 12.4. The molecule has 0 saturated heterocycles. The molecule has 0 bridgehead atoms. The quantitative estimate of drug-likeness (QED) is 0.718. The van der Waals surface area contributed by atoms with E-state index in [1.165, 1.54) is 6.20 Å². The summed E-state index contributed by atoms with van der Waals surface area (Å²) < 4.78 is 1.15. The van der Waals surface area contributed by atoms with Crippen LogP contribution in [-0.2, 0) is 0 Å². The van der Waals surface area contributed by atoms with Crippen molar-refractivity contribution in [3.8, 4) is 0 Å². The molecule has 0 spiro atoms. The average Bonchev–Trinajstić information content (AvgIpc) is 3.03. The maximum Gasteiger partial charge on any atom is 0.271 e. The van der Waals surface area contributed by atoms with Gasteiger partial charge in [0.05, 0.1) is 26.4 Å². The summed E-state index contributed by atoms with van der Waals surface area (Å²) in [5.74, 6) is 0.549. The van der Waals surface area contributed by atoms with Crippen molar-refractivity contribution in [2.75, 3.05) is 6.54 Å². The fourth-order valence-electron chi connectivity index (χ4n) is 2.34. The maximum absolute atomic E-state index is 12.4.